The van der Waals surface area contributed by atoms with Crippen molar-refractivity contribution in [3.63, 3.8) is 0 Å². The summed E-state index contributed by atoms with van der Waals surface area (Å²) in [5, 5.41) is 5.46. The summed E-state index contributed by atoms with van der Waals surface area (Å²) in [6.45, 7) is 4.21. The average Bonchev–Trinajstić information content (AvgIpc) is 3.12. The first kappa shape index (κ1) is 15.9. The smallest absolute Gasteiger partial charge is 0.203 e. The Morgan fingerprint density at radius 3 is 2.80 bits per heavy atom. The van der Waals surface area contributed by atoms with E-state index in [1.165, 1.54) is 32.1 Å². The highest BCUT2D eigenvalue weighted by Crippen LogP contribution is 2.20. The molecule has 2 heterocycles. The van der Waals surface area contributed by atoms with Crippen LogP contribution >= 0.6 is 0 Å². The number of imidazole rings is 2. The third-order valence-electron chi connectivity index (χ3n) is 5.24. The minimum atomic E-state index is 0.535. The third-order valence-corrected chi connectivity index (χ3v) is 5.24. The zero-order valence-electron chi connectivity index (χ0n) is 15.0. The van der Waals surface area contributed by atoms with Crippen LogP contribution in [0.25, 0.3) is 23.7 Å². The molecule has 1 fully saturated rings. The van der Waals surface area contributed by atoms with Gasteiger partial charge in [-0.1, -0.05) is 31.9 Å². The SMILES string of the molecule is C=c1/c(=C/c2ccc3ncn(C)c3c2)nc(NC2CCCCC2)n1C. The highest BCUT2D eigenvalue weighted by Gasteiger charge is 2.15. The molecule has 0 atom stereocenters. The van der Waals surface area contributed by atoms with Crippen LogP contribution in [0.3, 0.4) is 0 Å². The quantitative estimate of drug-likeness (QED) is 0.799. The average molecular weight is 335 g/mol. The molecule has 4 rings (SSSR count). The van der Waals surface area contributed by atoms with Crippen molar-refractivity contribution in [2.24, 2.45) is 14.1 Å². The maximum Gasteiger partial charge on any atom is 0.203 e. The number of fused-ring (bicyclic) bond motifs is 1. The lowest BCUT2D eigenvalue weighted by Gasteiger charge is -2.23. The molecule has 0 unspecified atom stereocenters. The summed E-state index contributed by atoms with van der Waals surface area (Å²) in [6.07, 6.45) is 10.4. The Labute approximate surface area is 147 Å². The Kier molecular flexibility index (Phi) is 4.07. The highest BCUT2D eigenvalue weighted by molar-refractivity contribution is 5.78. The number of nitrogens with zero attached hydrogens (tertiary/aromatic N) is 4. The van der Waals surface area contributed by atoms with Crippen LogP contribution in [0.5, 0.6) is 0 Å². The van der Waals surface area contributed by atoms with Gasteiger partial charge >= 0.3 is 0 Å². The van der Waals surface area contributed by atoms with Gasteiger partial charge in [-0.2, -0.15) is 0 Å². The Hall–Kier alpha value is -2.56. The summed E-state index contributed by atoms with van der Waals surface area (Å²) >= 11 is 0. The van der Waals surface area contributed by atoms with Crippen molar-refractivity contribution in [3.8, 4) is 0 Å². The van der Waals surface area contributed by atoms with Crippen molar-refractivity contribution < 1.29 is 0 Å². The molecule has 5 nitrogen and oxygen atoms in total. The number of hydrogen-bond donors (Lipinski definition) is 1. The maximum atomic E-state index is 4.80. The van der Waals surface area contributed by atoms with E-state index in [4.69, 9.17) is 4.98 Å². The van der Waals surface area contributed by atoms with Gasteiger partial charge in [-0.25, -0.2) is 9.97 Å². The first-order valence-corrected chi connectivity index (χ1v) is 9.03. The molecule has 1 aliphatic rings. The largest absolute Gasteiger partial charge is 0.353 e. The predicted octanol–water partition coefficient (Wildman–Crippen LogP) is 2.29. The van der Waals surface area contributed by atoms with Gasteiger partial charge in [-0.05, 0) is 36.6 Å². The second kappa shape index (κ2) is 6.39. The summed E-state index contributed by atoms with van der Waals surface area (Å²) in [5.41, 5.74) is 3.24. The fourth-order valence-electron chi connectivity index (χ4n) is 3.62. The molecule has 0 saturated heterocycles. The van der Waals surface area contributed by atoms with Crippen LogP contribution in [0.2, 0.25) is 0 Å². The van der Waals surface area contributed by atoms with Gasteiger partial charge in [-0.15, -0.1) is 0 Å². The van der Waals surface area contributed by atoms with Crippen LogP contribution in [0.15, 0.2) is 24.5 Å². The molecular weight excluding hydrogens is 310 g/mol. The number of anilines is 1. The lowest BCUT2D eigenvalue weighted by atomic mass is 9.96. The van der Waals surface area contributed by atoms with Crippen molar-refractivity contribution in [1.82, 2.24) is 19.1 Å². The van der Waals surface area contributed by atoms with Crippen LogP contribution in [-0.4, -0.2) is 25.1 Å². The summed E-state index contributed by atoms with van der Waals surface area (Å²) in [7, 11) is 4.04. The number of aromatic nitrogens is 4. The van der Waals surface area contributed by atoms with Crippen molar-refractivity contribution in [1.29, 1.82) is 0 Å². The van der Waals surface area contributed by atoms with Gasteiger partial charge in [0, 0.05) is 20.1 Å². The summed E-state index contributed by atoms with van der Waals surface area (Å²) in [6, 6.07) is 6.81. The van der Waals surface area contributed by atoms with Crippen LogP contribution < -0.4 is 16.0 Å². The Morgan fingerprint density at radius 2 is 2.00 bits per heavy atom. The molecule has 5 heteroatoms. The summed E-state index contributed by atoms with van der Waals surface area (Å²) < 4.78 is 4.09. The highest BCUT2D eigenvalue weighted by atomic mass is 15.2. The number of aryl methyl sites for hydroxylation is 1. The fourth-order valence-corrected chi connectivity index (χ4v) is 3.62. The summed E-state index contributed by atoms with van der Waals surface area (Å²) in [4.78, 5) is 9.17. The first-order valence-electron chi connectivity index (χ1n) is 9.03. The first-order chi connectivity index (χ1) is 12.1. The minimum Gasteiger partial charge on any atom is -0.353 e. The third kappa shape index (κ3) is 3.06. The van der Waals surface area contributed by atoms with Gasteiger partial charge in [0.1, 0.15) is 0 Å². The molecule has 25 heavy (non-hydrogen) atoms. The van der Waals surface area contributed by atoms with Gasteiger partial charge in [0.15, 0.2) is 0 Å². The van der Waals surface area contributed by atoms with E-state index >= 15 is 0 Å². The van der Waals surface area contributed by atoms with E-state index in [1.807, 2.05) is 31.1 Å². The molecule has 3 aromatic rings. The van der Waals surface area contributed by atoms with Gasteiger partial charge in [0.25, 0.3) is 0 Å². The number of benzene rings is 1. The fraction of sp³-hybridized carbons (Fsp3) is 0.400. The van der Waals surface area contributed by atoms with E-state index in [0.29, 0.717) is 6.04 Å². The normalized spacial score (nSPS) is 16.6. The van der Waals surface area contributed by atoms with Gasteiger partial charge in [0.05, 0.1) is 28.1 Å². The second-order valence-corrected chi connectivity index (χ2v) is 7.05. The second-order valence-electron chi connectivity index (χ2n) is 7.05. The van der Waals surface area contributed by atoms with Gasteiger partial charge in [0.2, 0.25) is 5.95 Å². The van der Waals surface area contributed by atoms with Crippen LogP contribution in [0.1, 0.15) is 37.7 Å². The van der Waals surface area contributed by atoms with Crippen molar-refractivity contribution in [3.05, 3.63) is 40.8 Å². The molecule has 1 aromatic carbocycles. The van der Waals surface area contributed by atoms with E-state index in [-0.39, 0.29) is 0 Å². The minimum absolute atomic E-state index is 0.535. The van der Waals surface area contributed by atoms with E-state index < -0.39 is 0 Å². The zero-order valence-corrected chi connectivity index (χ0v) is 15.0. The molecule has 0 spiro atoms. The van der Waals surface area contributed by atoms with Crippen LogP contribution in [0, 0.1) is 0 Å². The maximum absolute atomic E-state index is 4.80. The van der Waals surface area contributed by atoms with E-state index in [0.717, 1.165) is 33.2 Å². The zero-order chi connectivity index (χ0) is 17.4. The molecule has 2 aromatic heterocycles. The molecule has 0 radical (unpaired) electrons. The Morgan fingerprint density at radius 1 is 1.20 bits per heavy atom. The number of nitrogens with one attached hydrogen (secondary N) is 1. The summed E-state index contributed by atoms with van der Waals surface area (Å²) in [5.74, 6) is 0.921. The van der Waals surface area contributed by atoms with E-state index in [2.05, 4.69) is 39.7 Å². The topological polar surface area (TPSA) is 47.7 Å². The molecule has 0 amide bonds. The molecule has 1 aliphatic carbocycles. The van der Waals surface area contributed by atoms with Gasteiger partial charge < -0.3 is 14.5 Å². The van der Waals surface area contributed by atoms with Crippen molar-refractivity contribution >= 4 is 29.6 Å². The van der Waals surface area contributed by atoms with Crippen LogP contribution in [-0.2, 0) is 14.1 Å². The predicted molar refractivity (Wildman–Crippen MR) is 103 cm³/mol. The van der Waals surface area contributed by atoms with E-state index in [1.54, 1.807) is 0 Å². The van der Waals surface area contributed by atoms with Gasteiger partial charge in [-0.3, -0.25) is 0 Å². The number of hydrogen-bond acceptors (Lipinski definition) is 3. The number of rotatable bonds is 3. The standard InChI is InChI=1S/C20H25N5/c1-14-18(11-15-9-10-17-19(12-15)24(2)13-21-17)23-20(25(14)3)22-16-7-5-4-6-8-16/h9-13,16H,1,4-8H2,2-3H3,(H,22,23)/b18-11-. The Balaban J connectivity index is 1.68. The molecule has 0 bridgehead atoms. The molecule has 130 valence electrons. The van der Waals surface area contributed by atoms with Crippen LogP contribution in [0.4, 0.5) is 5.95 Å². The lowest BCUT2D eigenvalue weighted by molar-refractivity contribution is 0.459. The van der Waals surface area contributed by atoms with E-state index in [9.17, 15) is 0 Å². The monoisotopic (exact) mass is 335 g/mol. The molecule has 1 N–H and O–H groups in total. The van der Waals surface area contributed by atoms with Crippen molar-refractivity contribution in [2.45, 2.75) is 38.1 Å². The van der Waals surface area contributed by atoms with Crippen molar-refractivity contribution in [2.75, 3.05) is 5.32 Å². The molecule has 1 saturated carbocycles. The molecule has 0 aliphatic heterocycles. The molecular formula is C20H25N5. The lowest BCUT2D eigenvalue weighted by Crippen LogP contribution is -2.28. The Bertz CT molecular complexity index is 1000.